The van der Waals surface area contributed by atoms with Crippen molar-refractivity contribution < 1.29 is 0 Å². The molecule has 1 aromatic carbocycles. The predicted octanol–water partition coefficient (Wildman–Crippen LogP) is 4.10. The third-order valence-electron chi connectivity index (χ3n) is 3.97. The van der Waals surface area contributed by atoms with Crippen molar-refractivity contribution in [2.75, 3.05) is 6.54 Å². The van der Waals surface area contributed by atoms with E-state index in [1.807, 2.05) is 12.1 Å². The van der Waals surface area contributed by atoms with E-state index >= 15 is 0 Å². The molecule has 1 aromatic heterocycles. The second kappa shape index (κ2) is 5.33. The number of aromatic amines is 1. The highest BCUT2D eigenvalue weighted by atomic mass is 35.5. The summed E-state index contributed by atoms with van der Waals surface area (Å²) < 4.78 is 0. The maximum atomic E-state index is 6.37. The van der Waals surface area contributed by atoms with Gasteiger partial charge in [-0.1, -0.05) is 49.1 Å². The van der Waals surface area contributed by atoms with E-state index in [0.717, 1.165) is 40.6 Å². The van der Waals surface area contributed by atoms with Crippen LogP contribution in [0.2, 0.25) is 5.02 Å². The van der Waals surface area contributed by atoms with Crippen LogP contribution in [0.25, 0.3) is 10.9 Å². The van der Waals surface area contributed by atoms with Crippen molar-refractivity contribution >= 4 is 22.5 Å². The van der Waals surface area contributed by atoms with Crippen LogP contribution in [-0.4, -0.2) is 11.5 Å². The summed E-state index contributed by atoms with van der Waals surface area (Å²) in [4.78, 5) is 3.39. The molecule has 0 unspecified atom stereocenters. The molecule has 1 fully saturated rings. The van der Waals surface area contributed by atoms with E-state index in [-0.39, 0.29) is 0 Å². The zero-order valence-electron chi connectivity index (χ0n) is 10.5. The van der Waals surface area contributed by atoms with Gasteiger partial charge in [-0.05, 0) is 24.9 Å². The van der Waals surface area contributed by atoms with E-state index in [0.29, 0.717) is 0 Å². The molecule has 1 aliphatic rings. The lowest BCUT2D eigenvalue weighted by Crippen LogP contribution is -2.21. The van der Waals surface area contributed by atoms with Crippen LogP contribution in [0, 0.1) is 5.92 Å². The van der Waals surface area contributed by atoms with Crippen molar-refractivity contribution in [2.24, 2.45) is 5.92 Å². The smallest absolute Gasteiger partial charge is 0.0705 e. The summed E-state index contributed by atoms with van der Waals surface area (Å²) in [5, 5.41) is 5.47. The lowest BCUT2D eigenvalue weighted by molar-refractivity contribution is 0.292. The number of benzene rings is 1. The van der Waals surface area contributed by atoms with Gasteiger partial charge in [0.05, 0.1) is 5.02 Å². The van der Waals surface area contributed by atoms with E-state index in [1.54, 1.807) is 0 Å². The minimum Gasteiger partial charge on any atom is -0.356 e. The Labute approximate surface area is 113 Å². The molecule has 0 amide bonds. The van der Waals surface area contributed by atoms with Gasteiger partial charge in [0.25, 0.3) is 0 Å². The van der Waals surface area contributed by atoms with Crippen molar-refractivity contribution in [3.05, 3.63) is 35.0 Å². The summed E-state index contributed by atoms with van der Waals surface area (Å²) in [6.45, 7) is 1.93. The number of para-hydroxylation sites is 1. The van der Waals surface area contributed by atoms with Crippen LogP contribution in [0.15, 0.2) is 24.3 Å². The number of rotatable bonds is 5. The van der Waals surface area contributed by atoms with E-state index in [2.05, 4.69) is 22.4 Å². The molecule has 1 heterocycles. The molecule has 2 nitrogen and oxygen atoms in total. The highest BCUT2D eigenvalue weighted by Crippen LogP contribution is 2.29. The Morgan fingerprint density at radius 1 is 1.28 bits per heavy atom. The van der Waals surface area contributed by atoms with Crippen molar-refractivity contribution in [1.29, 1.82) is 0 Å². The first kappa shape index (κ1) is 12.1. The summed E-state index contributed by atoms with van der Waals surface area (Å²) in [7, 11) is 0. The fraction of sp³-hybridized carbons (Fsp3) is 0.467. The van der Waals surface area contributed by atoms with E-state index in [1.165, 1.54) is 25.7 Å². The Hall–Kier alpha value is -0.990. The Morgan fingerprint density at radius 3 is 2.83 bits per heavy atom. The molecule has 18 heavy (non-hydrogen) atoms. The monoisotopic (exact) mass is 262 g/mol. The average molecular weight is 263 g/mol. The van der Waals surface area contributed by atoms with Gasteiger partial charge in [-0.25, -0.2) is 0 Å². The fourth-order valence-corrected chi connectivity index (χ4v) is 2.87. The summed E-state index contributed by atoms with van der Waals surface area (Å²) in [5.74, 6) is 0.968. The van der Waals surface area contributed by atoms with E-state index in [4.69, 9.17) is 11.6 Å². The van der Waals surface area contributed by atoms with Gasteiger partial charge < -0.3 is 10.3 Å². The number of H-pyrrole nitrogens is 1. The number of fused-ring (bicyclic) bond motifs is 1. The van der Waals surface area contributed by atoms with Crippen LogP contribution in [0.1, 0.15) is 31.4 Å². The molecule has 1 aliphatic carbocycles. The molecule has 3 rings (SSSR count). The molecule has 1 saturated carbocycles. The molecular formula is C15H19ClN2. The van der Waals surface area contributed by atoms with Gasteiger partial charge in [-0.15, -0.1) is 0 Å². The molecule has 0 bridgehead atoms. The van der Waals surface area contributed by atoms with Crippen LogP contribution < -0.4 is 5.32 Å². The quantitative estimate of drug-likeness (QED) is 0.780. The third-order valence-corrected chi connectivity index (χ3v) is 4.40. The minimum absolute atomic E-state index is 0.834. The van der Waals surface area contributed by atoms with Gasteiger partial charge in [0.15, 0.2) is 0 Å². The number of hydrogen-bond acceptors (Lipinski definition) is 1. The Morgan fingerprint density at radius 2 is 2.11 bits per heavy atom. The zero-order chi connectivity index (χ0) is 12.4. The highest BCUT2D eigenvalue weighted by molar-refractivity contribution is 6.36. The second-order valence-electron chi connectivity index (χ2n) is 5.23. The normalized spacial score (nSPS) is 16.1. The number of halogens is 1. The van der Waals surface area contributed by atoms with E-state index < -0.39 is 0 Å². The maximum absolute atomic E-state index is 6.37. The Kier molecular flexibility index (Phi) is 3.57. The van der Waals surface area contributed by atoms with Gasteiger partial charge in [0, 0.05) is 23.1 Å². The largest absolute Gasteiger partial charge is 0.356 e. The van der Waals surface area contributed by atoms with Crippen LogP contribution >= 0.6 is 11.6 Å². The SMILES string of the molecule is Clc1c(CNCCC2CCC2)[nH]c2ccccc12. The maximum Gasteiger partial charge on any atom is 0.0705 e. The molecule has 0 saturated heterocycles. The molecule has 0 atom stereocenters. The molecule has 0 aliphatic heterocycles. The van der Waals surface area contributed by atoms with Gasteiger partial charge in [-0.2, -0.15) is 0 Å². The van der Waals surface area contributed by atoms with Crippen molar-refractivity contribution in [1.82, 2.24) is 10.3 Å². The van der Waals surface area contributed by atoms with Gasteiger partial charge in [0.2, 0.25) is 0 Å². The van der Waals surface area contributed by atoms with Gasteiger partial charge in [-0.3, -0.25) is 0 Å². The van der Waals surface area contributed by atoms with Crippen molar-refractivity contribution in [3.8, 4) is 0 Å². The van der Waals surface area contributed by atoms with Gasteiger partial charge >= 0.3 is 0 Å². The first-order valence-electron chi connectivity index (χ1n) is 6.80. The topological polar surface area (TPSA) is 27.8 Å². The molecule has 3 heteroatoms. The lowest BCUT2D eigenvalue weighted by atomic mass is 9.83. The summed E-state index contributed by atoms with van der Waals surface area (Å²) >= 11 is 6.37. The summed E-state index contributed by atoms with van der Waals surface area (Å²) in [6, 6.07) is 8.18. The fourth-order valence-electron chi connectivity index (χ4n) is 2.59. The Bertz CT molecular complexity index is 528. The Balaban J connectivity index is 1.58. The summed E-state index contributed by atoms with van der Waals surface area (Å²) in [6.07, 6.45) is 5.58. The standard InChI is InChI=1S/C15H19ClN2/c16-15-12-6-1-2-7-13(12)18-14(15)10-17-9-8-11-4-3-5-11/h1-2,6-7,11,17-18H,3-5,8-10H2. The summed E-state index contributed by atoms with van der Waals surface area (Å²) in [5.41, 5.74) is 2.23. The predicted molar refractivity (Wildman–Crippen MR) is 77.0 cm³/mol. The lowest BCUT2D eigenvalue weighted by Gasteiger charge is -2.25. The molecular weight excluding hydrogens is 244 g/mol. The van der Waals surface area contributed by atoms with Crippen molar-refractivity contribution in [3.63, 3.8) is 0 Å². The number of nitrogens with one attached hydrogen (secondary N) is 2. The zero-order valence-corrected chi connectivity index (χ0v) is 11.3. The molecule has 0 spiro atoms. The number of hydrogen-bond donors (Lipinski definition) is 2. The average Bonchev–Trinajstić information content (AvgIpc) is 2.65. The van der Waals surface area contributed by atoms with Crippen LogP contribution in [0.3, 0.4) is 0 Å². The first-order chi connectivity index (χ1) is 8.84. The van der Waals surface area contributed by atoms with Crippen LogP contribution in [0.4, 0.5) is 0 Å². The second-order valence-corrected chi connectivity index (χ2v) is 5.60. The first-order valence-corrected chi connectivity index (χ1v) is 7.18. The van der Waals surface area contributed by atoms with Crippen LogP contribution in [-0.2, 0) is 6.54 Å². The highest BCUT2D eigenvalue weighted by Gasteiger charge is 2.16. The van der Waals surface area contributed by atoms with Gasteiger partial charge in [0.1, 0.15) is 0 Å². The minimum atomic E-state index is 0.834. The number of aromatic nitrogens is 1. The molecule has 2 aromatic rings. The molecule has 96 valence electrons. The van der Waals surface area contributed by atoms with Crippen molar-refractivity contribution in [2.45, 2.75) is 32.2 Å². The van der Waals surface area contributed by atoms with E-state index in [9.17, 15) is 0 Å². The van der Waals surface area contributed by atoms with Crippen LogP contribution in [0.5, 0.6) is 0 Å². The molecule has 0 radical (unpaired) electrons. The molecule has 2 N–H and O–H groups in total. The third kappa shape index (κ3) is 2.40.